The maximum absolute atomic E-state index is 6.23. The van der Waals surface area contributed by atoms with E-state index in [1.165, 1.54) is 5.56 Å². The van der Waals surface area contributed by atoms with E-state index in [0.717, 1.165) is 57.1 Å². The highest BCUT2D eigenvalue weighted by Gasteiger charge is 2.25. The Hall–Kier alpha value is -1.07. The fourth-order valence-electron chi connectivity index (χ4n) is 2.76. The van der Waals surface area contributed by atoms with Gasteiger partial charge >= 0.3 is 0 Å². The summed E-state index contributed by atoms with van der Waals surface area (Å²) in [5.74, 6) is 0.864. The SMILES string of the molecule is CN1CCc2c(nn(C3CCCOC3)c2N)C1. The maximum Gasteiger partial charge on any atom is 0.125 e. The van der Waals surface area contributed by atoms with Crippen molar-refractivity contribution in [1.82, 2.24) is 14.7 Å². The first kappa shape index (κ1) is 11.0. The van der Waals surface area contributed by atoms with Gasteiger partial charge in [-0.05, 0) is 26.3 Å². The summed E-state index contributed by atoms with van der Waals surface area (Å²) in [5, 5.41) is 4.69. The number of fused-ring (bicyclic) bond motifs is 1. The van der Waals surface area contributed by atoms with Gasteiger partial charge in [0, 0.05) is 25.3 Å². The van der Waals surface area contributed by atoms with Crippen LogP contribution in [0.15, 0.2) is 0 Å². The molecule has 2 aliphatic rings. The van der Waals surface area contributed by atoms with Gasteiger partial charge in [-0.1, -0.05) is 0 Å². The van der Waals surface area contributed by atoms with E-state index in [1.54, 1.807) is 0 Å². The van der Waals surface area contributed by atoms with Gasteiger partial charge in [0.05, 0.1) is 18.3 Å². The van der Waals surface area contributed by atoms with Crippen molar-refractivity contribution in [1.29, 1.82) is 0 Å². The van der Waals surface area contributed by atoms with Gasteiger partial charge in [0.2, 0.25) is 0 Å². The summed E-state index contributed by atoms with van der Waals surface area (Å²) in [6.07, 6.45) is 3.25. The standard InChI is InChI=1S/C12H20N4O/c1-15-5-4-10-11(7-15)14-16(12(10)13)9-3-2-6-17-8-9/h9H,2-8,13H2,1H3. The van der Waals surface area contributed by atoms with Gasteiger partial charge in [0.1, 0.15) is 5.82 Å². The summed E-state index contributed by atoms with van der Waals surface area (Å²) in [7, 11) is 2.13. The van der Waals surface area contributed by atoms with E-state index < -0.39 is 0 Å². The van der Waals surface area contributed by atoms with Crippen molar-refractivity contribution in [3.63, 3.8) is 0 Å². The molecule has 94 valence electrons. The Morgan fingerprint density at radius 2 is 2.35 bits per heavy atom. The molecule has 17 heavy (non-hydrogen) atoms. The minimum atomic E-state index is 0.333. The first-order chi connectivity index (χ1) is 8.25. The van der Waals surface area contributed by atoms with Crippen molar-refractivity contribution >= 4 is 5.82 Å². The van der Waals surface area contributed by atoms with Crippen LogP contribution in [0.3, 0.4) is 0 Å². The van der Waals surface area contributed by atoms with Crippen LogP contribution in [-0.2, 0) is 17.7 Å². The van der Waals surface area contributed by atoms with E-state index in [1.807, 2.05) is 4.68 Å². The molecule has 3 rings (SSSR count). The minimum absolute atomic E-state index is 0.333. The summed E-state index contributed by atoms with van der Waals surface area (Å²) in [6.45, 7) is 3.62. The highest BCUT2D eigenvalue weighted by molar-refractivity contribution is 5.45. The second-order valence-corrected chi connectivity index (χ2v) is 5.11. The zero-order chi connectivity index (χ0) is 11.8. The van der Waals surface area contributed by atoms with E-state index in [-0.39, 0.29) is 0 Å². The number of rotatable bonds is 1. The van der Waals surface area contributed by atoms with Crippen LogP contribution in [0.1, 0.15) is 30.1 Å². The fourth-order valence-corrected chi connectivity index (χ4v) is 2.76. The van der Waals surface area contributed by atoms with Crippen molar-refractivity contribution < 1.29 is 4.74 Å². The molecule has 1 fully saturated rings. The lowest BCUT2D eigenvalue weighted by atomic mass is 10.1. The molecule has 0 bridgehead atoms. The van der Waals surface area contributed by atoms with Crippen molar-refractivity contribution in [2.24, 2.45) is 0 Å². The lowest BCUT2D eigenvalue weighted by Gasteiger charge is -2.23. The zero-order valence-corrected chi connectivity index (χ0v) is 10.4. The summed E-state index contributed by atoms with van der Waals surface area (Å²) in [4.78, 5) is 2.29. The van der Waals surface area contributed by atoms with Crippen LogP contribution in [0.4, 0.5) is 5.82 Å². The Morgan fingerprint density at radius 3 is 3.12 bits per heavy atom. The van der Waals surface area contributed by atoms with E-state index in [0.29, 0.717) is 6.04 Å². The van der Waals surface area contributed by atoms with Crippen LogP contribution < -0.4 is 5.73 Å². The molecular weight excluding hydrogens is 216 g/mol. The van der Waals surface area contributed by atoms with E-state index in [2.05, 4.69) is 11.9 Å². The molecule has 1 atom stereocenters. The number of nitrogens with zero attached hydrogens (tertiary/aromatic N) is 3. The molecule has 0 saturated carbocycles. The fraction of sp³-hybridized carbons (Fsp3) is 0.750. The summed E-state index contributed by atoms with van der Waals surface area (Å²) >= 11 is 0. The van der Waals surface area contributed by atoms with Gasteiger partial charge < -0.3 is 15.4 Å². The Kier molecular flexibility index (Phi) is 2.80. The minimum Gasteiger partial charge on any atom is -0.384 e. The number of ether oxygens (including phenoxy) is 1. The number of aromatic nitrogens is 2. The number of hydrogen-bond donors (Lipinski definition) is 1. The van der Waals surface area contributed by atoms with E-state index in [9.17, 15) is 0 Å². The number of anilines is 1. The molecule has 5 heteroatoms. The van der Waals surface area contributed by atoms with Gasteiger partial charge in [-0.25, -0.2) is 4.68 Å². The van der Waals surface area contributed by atoms with Gasteiger partial charge in [0.15, 0.2) is 0 Å². The highest BCUT2D eigenvalue weighted by atomic mass is 16.5. The highest BCUT2D eigenvalue weighted by Crippen LogP contribution is 2.28. The average molecular weight is 236 g/mol. The molecule has 0 aromatic carbocycles. The normalized spacial score (nSPS) is 25.8. The van der Waals surface area contributed by atoms with Crippen molar-refractivity contribution in [3.05, 3.63) is 11.3 Å². The molecule has 2 aliphatic heterocycles. The molecule has 3 heterocycles. The van der Waals surface area contributed by atoms with Crippen LogP contribution >= 0.6 is 0 Å². The van der Waals surface area contributed by atoms with E-state index >= 15 is 0 Å². The van der Waals surface area contributed by atoms with Crippen molar-refractivity contribution in [2.45, 2.75) is 31.8 Å². The first-order valence-electron chi connectivity index (χ1n) is 6.37. The van der Waals surface area contributed by atoms with Crippen LogP contribution in [0.25, 0.3) is 0 Å². The zero-order valence-electron chi connectivity index (χ0n) is 10.4. The Morgan fingerprint density at radius 1 is 1.47 bits per heavy atom. The Labute approximate surface area is 102 Å². The smallest absolute Gasteiger partial charge is 0.125 e. The van der Waals surface area contributed by atoms with Gasteiger partial charge in [0.25, 0.3) is 0 Å². The largest absolute Gasteiger partial charge is 0.384 e. The molecule has 0 radical (unpaired) electrons. The Bertz CT molecular complexity index is 409. The van der Waals surface area contributed by atoms with Gasteiger partial charge in [-0.3, -0.25) is 0 Å². The predicted octanol–water partition coefficient (Wildman–Crippen LogP) is 0.805. The van der Waals surface area contributed by atoms with E-state index in [4.69, 9.17) is 15.6 Å². The number of nitrogens with two attached hydrogens (primary N) is 1. The molecule has 1 saturated heterocycles. The molecule has 5 nitrogen and oxygen atoms in total. The van der Waals surface area contributed by atoms with Crippen LogP contribution in [-0.4, -0.2) is 41.5 Å². The average Bonchev–Trinajstić information content (AvgIpc) is 2.67. The molecule has 1 unspecified atom stereocenters. The molecule has 2 N–H and O–H groups in total. The molecule has 0 spiro atoms. The van der Waals surface area contributed by atoms with Crippen LogP contribution in [0, 0.1) is 0 Å². The predicted molar refractivity (Wildman–Crippen MR) is 65.8 cm³/mol. The third kappa shape index (κ3) is 1.93. The molecule has 0 amide bonds. The third-order valence-electron chi connectivity index (χ3n) is 3.78. The molecule has 0 aliphatic carbocycles. The second-order valence-electron chi connectivity index (χ2n) is 5.11. The lowest BCUT2D eigenvalue weighted by Crippen LogP contribution is -2.26. The molecule has 1 aromatic heterocycles. The quantitative estimate of drug-likeness (QED) is 0.784. The monoisotopic (exact) mass is 236 g/mol. The summed E-state index contributed by atoms with van der Waals surface area (Å²) in [5.41, 5.74) is 8.64. The second kappa shape index (κ2) is 4.31. The summed E-state index contributed by atoms with van der Waals surface area (Å²) < 4.78 is 7.52. The summed E-state index contributed by atoms with van der Waals surface area (Å²) in [6, 6.07) is 0.333. The lowest BCUT2D eigenvalue weighted by molar-refractivity contribution is 0.0555. The van der Waals surface area contributed by atoms with Gasteiger partial charge in [-0.15, -0.1) is 0 Å². The Balaban J connectivity index is 1.90. The maximum atomic E-state index is 6.23. The molecule has 1 aromatic rings. The van der Waals surface area contributed by atoms with Crippen LogP contribution in [0.2, 0.25) is 0 Å². The van der Waals surface area contributed by atoms with Gasteiger partial charge in [-0.2, -0.15) is 5.10 Å². The number of hydrogen-bond acceptors (Lipinski definition) is 4. The topological polar surface area (TPSA) is 56.3 Å². The third-order valence-corrected chi connectivity index (χ3v) is 3.78. The van der Waals surface area contributed by atoms with Crippen molar-refractivity contribution in [2.75, 3.05) is 32.5 Å². The van der Waals surface area contributed by atoms with Crippen LogP contribution in [0.5, 0.6) is 0 Å². The number of nitrogen functional groups attached to an aromatic ring is 1. The first-order valence-corrected chi connectivity index (χ1v) is 6.37. The number of likely N-dealkylation sites (N-methyl/N-ethyl adjacent to an activating group) is 1. The molecular formula is C12H20N4O. The van der Waals surface area contributed by atoms with Crippen molar-refractivity contribution in [3.8, 4) is 0 Å².